The van der Waals surface area contributed by atoms with Gasteiger partial charge in [0.2, 0.25) is 0 Å². The van der Waals surface area contributed by atoms with Crippen LogP contribution in [0.5, 0.6) is 0 Å². The molecule has 0 radical (unpaired) electrons. The van der Waals surface area contributed by atoms with Crippen LogP contribution in [-0.4, -0.2) is 15.9 Å². The minimum absolute atomic E-state index is 0.0381. The van der Waals surface area contributed by atoms with Crippen LogP contribution in [0.1, 0.15) is 21.6 Å². The van der Waals surface area contributed by atoms with Gasteiger partial charge in [0.1, 0.15) is 11.6 Å². The van der Waals surface area contributed by atoms with E-state index < -0.39 is 10.9 Å². The Hall–Kier alpha value is -3.06. The second kappa shape index (κ2) is 7.23. The van der Waals surface area contributed by atoms with Crippen molar-refractivity contribution in [3.05, 3.63) is 80.8 Å². The van der Waals surface area contributed by atoms with Gasteiger partial charge in [0.15, 0.2) is 5.69 Å². The summed E-state index contributed by atoms with van der Waals surface area (Å²) in [4.78, 5) is 26.7. The third-order valence-electron chi connectivity index (χ3n) is 3.50. The van der Waals surface area contributed by atoms with Crippen LogP contribution in [0.4, 0.5) is 5.69 Å². The van der Waals surface area contributed by atoms with Crippen LogP contribution in [0, 0.1) is 17.0 Å². The average molecular weight is 354 g/mol. The topological polar surface area (TPSA) is 82.3 Å². The van der Waals surface area contributed by atoms with Gasteiger partial charge in [-0.15, -0.1) is 11.3 Å². The highest BCUT2D eigenvalue weighted by molar-refractivity contribution is 7.13. The molecule has 126 valence electrons. The number of ether oxygens (including phenoxy) is 1. The molecule has 7 heteroatoms. The Morgan fingerprint density at radius 2 is 2.00 bits per heavy atom. The van der Waals surface area contributed by atoms with Gasteiger partial charge in [0.25, 0.3) is 5.69 Å². The summed E-state index contributed by atoms with van der Waals surface area (Å²) in [7, 11) is 0. The minimum Gasteiger partial charge on any atom is -0.456 e. The Labute approximate surface area is 147 Å². The van der Waals surface area contributed by atoms with E-state index in [1.54, 1.807) is 17.5 Å². The van der Waals surface area contributed by atoms with Crippen molar-refractivity contribution in [2.24, 2.45) is 0 Å². The largest absolute Gasteiger partial charge is 0.456 e. The number of aryl methyl sites for hydroxylation is 1. The highest BCUT2D eigenvalue weighted by Crippen LogP contribution is 2.24. The fraction of sp³-hybridized carbons (Fsp3) is 0.111. The van der Waals surface area contributed by atoms with E-state index in [9.17, 15) is 14.9 Å². The number of nitro groups is 1. The lowest BCUT2D eigenvalue weighted by Crippen LogP contribution is -2.05. The first-order valence-electron chi connectivity index (χ1n) is 7.46. The van der Waals surface area contributed by atoms with E-state index in [4.69, 9.17) is 4.74 Å². The highest BCUT2D eigenvalue weighted by atomic mass is 32.1. The molecule has 2 aromatic carbocycles. The Bertz CT molecular complexity index is 919. The molecular formula is C18H14N2O4S. The van der Waals surface area contributed by atoms with E-state index in [0.29, 0.717) is 5.56 Å². The summed E-state index contributed by atoms with van der Waals surface area (Å²) in [6.45, 7) is 1.96. The van der Waals surface area contributed by atoms with Gasteiger partial charge in [-0.25, -0.2) is 9.78 Å². The number of non-ortho nitro benzene ring substituents is 1. The fourth-order valence-electron chi connectivity index (χ4n) is 2.18. The van der Waals surface area contributed by atoms with Gasteiger partial charge in [-0.1, -0.05) is 42.0 Å². The monoisotopic (exact) mass is 354 g/mol. The van der Waals surface area contributed by atoms with Gasteiger partial charge >= 0.3 is 5.97 Å². The molecule has 0 saturated heterocycles. The van der Waals surface area contributed by atoms with Crippen LogP contribution in [-0.2, 0) is 11.3 Å². The number of carbonyl (C=O) groups excluding carboxylic acids is 1. The zero-order valence-corrected chi connectivity index (χ0v) is 14.2. The lowest BCUT2D eigenvalue weighted by Gasteiger charge is -2.03. The standard InChI is InChI=1S/C18H14N2O4S/c1-12-5-7-14(8-6-12)17-19-16(11-25-17)18(21)24-10-13-3-2-4-15(9-13)20(22)23/h2-9,11H,10H2,1H3. The van der Waals surface area contributed by atoms with E-state index in [1.165, 1.54) is 23.5 Å². The van der Waals surface area contributed by atoms with Crippen LogP contribution < -0.4 is 0 Å². The molecule has 0 spiro atoms. The number of aromatic nitrogens is 1. The average Bonchev–Trinajstić information content (AvgIpc) is 3.10. The van der Waals surface area contributed by atoms with Crippen molar-refractivity contribution in [1.29, 1.82) is 0 Å². The van der Waals surface area contributed by atoms with E-state index >= 15 is 0 Å². The molecule has 0 aliphatic heterocycles. The Morgan fingerprint density at radius 1 is 1.24 bits per heavy atom. The molecule has 3 rings (SSSR count). The van der Waals surface area contributed by atoms with Crippen molar-refractivity contribution >= 4 is 23.0 Å². The second-order valence-corrected chi connectivity index (χ2v) is 6.27. The normalized spacial score (nSPS) is 10.4. The molecule has 0 fully saturated rings. The molecular weight excluding hydrogens is 340 g/mol. The maximum Gasteiger partial charge on any atom is 0.358 e. The van der Waals surface area contributed by atoms with Crippen molar-refractivity contribution in [2.75, 3.05) is 0 Å². The van der Waals surface area contributed by atoms with Crippen LogP contribution in [0.15, 0.2) is 53.9 Å². The number of nitrogens with zero attached hydrogens (tertiary/aromatic N) is 2. The molecule has 1 aromatic heterocycles. The Morgan fingerprint density at radius 3 is 2.72 bits per heavy atom. The molecule has 25 heavy (non-hydrogen) atoms. The number of carbonyl (C=O) groups is 1. The van der Waals surface area contributed by atoms with E-state index in [0.717, 1.165) is 16.1 Å². The Balaban J connectivity index is 1.67. The second-order valence-electron chi connectivity index (χ2n) is 5.41. The quantitative estimate of drug-likeness (QED) is 0.386. The highest BCUT2D eigenvalue weighted by Gasteiger charge is 2.14. The zero-order chi connectivity index (χ0) is 17.8. The Kier molecular flexibility index (Phi) is 4.85. The predicted molar refractivity (Wildman–Crippen MR) is 94.5 cm³/mol. The van der Waals surface area contributed by atoms with Crippen molar-refractivity contribution < 1.29 is 14.5 Å². The van der Waals surface area contributed by atoms with Crippen LogP contribution in [0.25, 0.3) is 10.6 Å². The molecule has 0 atom stereocenters. The van der Waals surface area contributed by atoms with Gasteiger partial charge in [0.05, 0.1) is 4.92 Å². The summed E-state index contributed by atoms with van der Waals surface area (Å²) < 4.78 is 5.20. The molecule has 1 heterocycles. The third kappa shape index (κ3) is 4.07. The van der Waals surface area contributed by atoms with Gasteiger partial charge in [-0.2, -0.15) is 0 Å². The first-order chi connectivity index (χ1) is 12.0. The van der Waals surface area contributed by atoms with Crippen LogP contribution in [0.2, 0.25) is 0 Å². The van der Waals surface area contributed by atoms with Gasteiger partial charge in [-0.05, 0) is 12.5 Å². The van der Waals surface area contributed by atoms with Gasteiger partial charge in [-0.3, -0.25) is 10.1 Å². The van der Waals surface area contributed by atoms with E-state index in [2.05, 4.69) is 4.98 Å². The number of thiazole rings is 1. The molecule has 6 nitrogen and oxygen atoms in total. The summed E-state index contributed by atoms with van der Waals surface area (Å²) in [5.41, 5.74) is 2.83. The maximum atomic E-state index is 12.1. The fourth-order valence-corrected chi connectivity index (χ4v) is 2.97. The molecule has 3 aromatic rings. The molecule has 0 saturated carbocycles. The number of benzene rings is 2. The number of esters is 1. The van der Waals surface area contributed by atoms with Crippen LogP contribution >= 0.6 is 11.3 Å². The summed E-state index contributed by atoms with van der Waals surface area (Å²) in [6.07, 6.45) is 0. The number of hydrogen-bond donors (Lipinski definition) is 0. The maximum absolute atomic E-state index is 12.1. The summed E-state index contributed by atoms with van der Waals surface area (Å²) in [5, 5.41) is 13.1. The van der Waals surface area contributed by atoms with Crippen molar-refractivity contribution in [2.45, 2.75) is 13.5 Å². The van der Waals surface area contributed by atoms with Crippen molar-refractivity contribution in [3.8, 4) is 10.6 Å². The molecule has 0 aliphatic carbocycles. The summed E-state index contributed by atoms with van der Waals surface area (Å²) >= 11 is 1.36. The number of rotatable bonds is 5. The zero-order valence-electron chi connectivity index (χ0n) is 13.3. The third-order valence-corrected chi connectivity index (χ3v) is 4.39. The SMILES string of the molecule is Cc1ccc(-c2nc(C(=O)OCc3cccc([N+](=O)[O-])c3)cs2)cc1. The molecule has 0 aliphatic rings. The number of hydrogen-bond acceptors (Lipinski definition) is 6. The van der Waals surface area contributed by atoms with Crippen molar-refractivity contribution in [1.82, 2.24) is 4.98 Å². The van der Waals surface area contributed by atoms with Gasteiger partial charge in [0, 0.05) is 23.1 Å². The summed E-state index contributed by atoms with van der Waals surface area (Å²) in [5.74, 6) is -0.555. The first-order valence-corrected chi connectivity index (χ1v) is 8.34. The predicted octanol–water partition coefficient (Wildman–Crippen LogP) is 4.38. The molecule has 0 unspecified atom stereocenters. The lowest BCUT2D eigenvalue weighted by atomic mass is 10.2. The minimum atomic E-state index is -0.555. The summed E-state index contributed by atoms with van der Waals surface area (Å²) in [6, 6.07) is 13.9. The van der Waals surface area contributed by atoms with Crippen LogP contribution in [0.3, 0.4) is 0 Å². The van der Waals surface area contributed by atoms with Gasteiger partial charge < -0.3 is 4.74 Å². The smallest absolute Gasteiger partial charge is 0.358 e. The van der Waals surface area contributed by atoms with E-state index in [-0.39, 0.29) is 18.0 Å². The first kappa shape index (κ1) is 16.8. The molecule has 0 N–H and O–H groups in total. The molecule has 0 amide bonds. The number of nitro benzene ring substituents is 1. The molecule has 0 bridgehead atoms. The van der Waals surface area contributed by atoms with E-state index in [1.807, 2.05) is 31.2 Å². The van der Waals surface area contributed by atoms with Crippen molar-refractivity contribution in [3.63, 3.8) is 0 Å². The lowest BCUT2D eigenvalue weighted by molar-refractivity contribution is -0.384.